The summed E-state index contributed by atoms with van der Waals surface area (Å²) in [6.45, 7) is 5.45. The lowest BCUT2D eigenvalue weighted by Crippen LogP contribution is -2.20. The van der Waals surface area contributed by atoms with Crippen LogP contribution in [-0.4, -0.2) is 25.2 Å². The Morgan fingerprint density at radius 1 is 1.40 bits per heavy atom. The quantitative estimate of drug-likeness (QED) is 0.790. The van der Waals surface area contributed by atoms with Gasteiger partial charge in [-0.1, -0.05) is 19.9 Å². The molecule has 5 nitrogen and oxygen atoms in total. The van der Waals surface area contributed by atoms with Gasteiger partial charge in [-0.15, -0.1) is 0 Å². The lowest BCUT2D eigenvalue weighted by molar-refractivity contribution is -0.131. The molecule has 1 aromatic rings. The molecule has 0 aromatic heterocycles. The second-order valence-corrected chi connectivity index (χ2v) is 6.79. The number of anilines is 1. The van der Waals surface area contributed by atoms with Gasteiger partial charge in [0, 0.05) is 6.08 Å². The predicted molar refractivity (Wildman–Crippen MR) is 80.1 cm³/mol. The topological polar surface area (TPSA) is 83.5 Å². The highest BCUT2D eigenvalue weighted by molar-refractivity contribution is 7.92. The van der Waals surface area contributed by atoms with Crippen LogP contribution >= 0.6 is 0 Å². The fourth-order valence-corrected chi connectivity index (χ4v) is 3.25. The molecular formula is C14H19NO4S. The SMILES string of the molecule is Cc1cc(C=CC(=O)O)ccc1NS(=O)(=O)CC(C)C. The molecule has 2 N–H and O–H groups in total. The van der Waals surface area contributed by atoms with Crippen LogP contribution < -0.4 is 4.72 Å². The zero-order valence-electron chi connectivity index (χ0n) is 11.8. The van der Waals surface area contributed by atoms with E-state index in [9.17, 15) is 13.2 Å². The fourth-order valence-electron chi connectivity index (χ4n) is 1.72. The van der Waals surface area contributed by atoms with E-state index in [4.69, 9.17) is 5.11 Å². The largest absolute Gasteiger partial charge is 0.478 e. The van der Waals surface area contributed by atoms with Crippen LogP contribution in [0.25, 0.3) is 6.08 Å². The van der Waals surface area contributed by atoms with Crippen LogP contribution in [-0.2, 0) is 14.8 Å². The molecule has 6 heteroatoms. The molecule has 0 aliphatic carbocycles. The summed E-state index contributed by atoms with van der Waals surface area (Å²) in [5, 5.41) is 8.56. The number of carboxylic acid groups (broad SMARTS) is 1. The first kappa shape index (κ1) is 16.2. The number of aliphatic carboxylic acids is 1. The summed E-state index contributed by atoms with van der Waals surface area (Å²) in [6, 6.07) is 5.03. The maximum absolute atomic E-state index is 11.9. The third-order valence-corrected chi connectivity index (χ3v) is 4.12. The van der Waals surface area contributed by atoms with Crippen LogP contribution in [0.15, 0.2) is 24.3 Å². The van der Waals surface area contributed by atoms with Gasteiger partial charge in [-0.25, -0.2) is 13.2 Å². The van der Waals surface area contributed by atoms with Crippen molar-refractivity contribution in [2.45, 2.75) is 20.8 Å². The van der Waals surface area contributed by atoms with Gasteiger partial charge in [0.25, 0.3) is 0 Å². The molecule has 1 rings (SSSR count). The third kappa shape index (κ3) is 5.44. The van der Waals surface area contributed by atoms with Crippen LogP contribution in [0.2, 0.25) is 0 Å². The first-order valence-electron chi connectivity index (χ1n) is 6.22. The molecule has 0 aliphatic heterocycles. The molecule has 110 valence electrons. The summed E-state index contributed by atoms with van der Waals surface area (Å²) in [7, 11) is -3.36. The van der Waals surface area contributed by atoms with E-state index in [0.717, 1.165) is 11.6 Å². The summed E-state index contributed by atoms with van der Waals surface area (Å²) in [4.78, 5) is 10.4. The molecule has 0 fully saturated rings. The van der Waals surface area contributed by atoms with Crippen LogP contribution in [0.3, 0.4) is 0 Å². The van der Waals surface area contributed by atoms with Gasteiger partial charge in [-0.05, 0) is 42.2 Å². The highest BCUT2D eigenvalue weighted by atomic mass is 32.2. The molecule has 0 unspecified atom stereocenters. The van der Waals surface area contributed by atoms with Gasteiger partial charge in [0.15, 0.2) is 0 Å². The minimum atomic E-state index is -3.36. The van der Waals surface area contributed by atoms with Gasteiger partial charge < -0.3 is 5.11 Å². The zero-order chi connectivity index (χ0) is 15.3. The molecule has 0 amide bonds. The van der Waals surface area contributed by atoms with Crippen molar-refractivity contribution in [3.63, 3.8) is 0 Å². The molecular weight excluding hydrogens is 278 g/mol. The molecule has 0 saturated carbocycles. The summed E-state index contributed by atoms with van der Waals surface area (Å²) in [5.74, 6) is -0.914. The normalized spacial score (nSPS) is 12.0. The second-order valence-electron chi connectivity index (χ2n) is 5.02. The molecule has 0 heterocycles. The van der Waals surface area contributed by atoms with Gasteiger partial charge in [-0.3, -0.25) is 4.72 Å². The number of hydrogen-bond donors (Lipinski definition) is 2. The number of hydrogen-bond acceptors (Lipinski definition) is 3. The Morgan fingerprint density at radius 2 is 2.05 bits per heavy atom. The Labute approximate surface area is 119 Å². The molecule has 0 bridgehead atoms. The van der Waals surface area contributed by atoms with Crippen LogP contribution in [0, 0.1) is 12.8 Å². The highest BCUT2D eigenvalue weighted by Gasteiger charge is 2.13. The number of carbonyl (C=O) groups is 1. The smallest absolute Gasteiger partial charge is 0.328 e. The number of aryl methyl sites for hydroxylation is 1. The predicted octanol–water partition coefficient (Wildman–Crippen LogP) is 2.49. The standard InChI is InChI=1S/C14H19NO4S/c1-10(2)9-20(18,19)15-13-6-4-12(8-11(13)3)5-7-14(16)17/h4-8,10,15H,9H2,1-3H3,(H,16,17). The third-order valence-electron chi connectivity index (χ3n) is 2.49. The number of carboxylic acids is 1. The fraction of sp³-hybridized carbons (Fsp3) is 0.357. The summed E-state index contributed by atoms with van der Waals surface area (Å²) in [5.41, 5.74) is 1.96. The Kier molecular flexibility index (Phi) is 5.33. The average molecular weight is 297 g/mol. The van der Waals surface area contributed by atoms with E-state index in [0.29, 0.717) is 11.3 Å². The van der Waals surface area contributed by atoms with E-state index in [1.165, 1.54) is 6.08 Å². The first-order chi connectivity index (χ1) is 9.19. The number of rotatable bonds is 6. The van der Waals surface area contributed by atoms with E-state index in [-0.39, 0.29) is 11.7 Å². The maximum atomic E-state index is 11.9. The van der Waals surface area contributed by atoms with Gasteiger partial charge in [0.05, 0.1) is 11.4 Å². The lowest BCUT2D eigenvalue weighted by Gasteiger charge is -2.12. The molecule has 0 aliphatic rings. The van der Waals surface area contributed by atoms with Crippen LogP contribution in [0.5, 0.6) is 0 Å². The zero-order valence-corrected chi connectivity index (χ0v) is 12.6. The van der Waals surface area contributed by atoms with Gasteiger partial charge in [0.2, 0.25) is 10.0 Å². The summed E-state index contributed by atoms with van der Waals surface area (Å²) < 4.78 is 26.3. The van der Waals surface area contributed by atoms with E-state index >= 15 is 0 Å². The Bertz CT molecular complexity index is 618. The van der Waals surface area contributed by atoms with Crippen molar-refractivity contribution in [2.24, 2.45) is 5.92 Å². The van der Waals surface area contributed by atoms with Gasteiger partial charge in [0.1, 0.15) is 0 Å². The number of nitrogens with one attached hydrogen (secondary N) is 1. The Morgan fingerprint density at radius 3 is 2.55 bits per heavy atom. The van der Waals surface area contributed by atoms with Crippen LogP contribution in [0.1, 0.15) is 25.0 Å². The monoisotopic (exact) mass is 297 g/mol. The van der Waals surface area contributed by atoms with Crippen molar-refractivity contribution in [1.82, 2.24) is 0 Å². The molecule has 20 heavy (non-hydrogen) atoms. The van der Waals surface area contributed by atoms with E-state index in [1.807, 2.05) is 13.8 Å². The van der Waals surface area contributed by atoms with Gasteiger partial charge in [-0.2, -0.15) is 0 Å². The minimum absolute atomic E-state index is 0.0468. The van der Waals surface area contributed by atoms with E-state index < -0.39 is 16.0 Å². The van der Waals surface area contributed by atoms with Crippen molar-refractivity contribution < 1.29 is 18.3 Å². The van der Waals surface area contributed by atoms with E-state index in [2.05, 4.69) is 4.72 Å². The van der Waals surface area contributed by atoms with Crippen LogP contribution in [0.4, 0.5) is 5.69 Å². The summed E-state index contributed by atoms with van der Waals surface area (Å²) in [6.07, 6.45) is 2.50. The average Bonchev–Trinajstić information content (AvgIpc) is 2.27. The lowest BCUT2D eigenvalue weighted by atomic mass is 10.1. The van der Waals surface area contributed by atoms with E-state index in [1.54, 1.807) is 25.1 Å². The highest BCUT2D eigenvalue weighted by Crippen LogP contribution is 2.19. The van der Waals surface area contributed by atoms with Crippen molar-refractivity contribution in [3.8, 4) is 0 Å². The Hall–Kier alpha value is -1.82. The molecule has 1 aromatic carbocycles. The maximum Gasteiger partial charge on any atom is 0.328 e. The van der Waals surface area contributed by atoms with Gasteiger partial charge >= 0.3 is 5.97 Å². The minimum Gasteiger partial charge on any atom is -0.478 e. The van der Waals surface area contributed by atoms with Crippen molar-refractivity contribution in [1.29, 1.82) is 0 Å². The first-order valence-corrected chi connectivity index (χ1v) is 7.87. The molecule has 0 saturated heterocycles. The summed E-state index contributed by atoms with van der Waals surface area (Å²) >= 11 is 0. The molecule has 0 atom stereocenters. The molecule has 0 radical (unpaired) electrons. The van der Waals surface area contributed by atoms with Crippen molar-refractivity contribution in [3.05, 3.63) is 35.4 Å². The molecule has 0 spiro atoms. The van der Waals surface area contributed by atoms with Crippen molar-refractivity contribution in [2.75, 3.05) is 10.5 Å². The second kappa shape index (κ2) is 6.56. The number of sulfonamides is 1. The Balaban J connectivity index is 2.91. The number of benzene rings is 1. The van der Waals surface area contributed by atoms with Crippen molar-refractivity contribution >= 4 is 27.8 Å².